The Bertz CT molecular complexity index is 185. The zero-order valence-electron chi connectivity index (χ0n) is 8.72. The van der Waals surface area contributed by atoms with Crippen LogP contribution in [0.2, 0.25) is 0 Å². The second-order valence-electron chi connectivity index (χ2n) is 4.15. The molecule has 1 fully saturated rings. The van der Waals surface area contributed by atoms with E-state index in [1.165, 1.54) is 12.8 Å². The topological polar surface area (TPSA) is 38.3 Å². The third-order valence-electron chi connectivity index (χ3n) is 2.59. The van der Waals surface area contributed by atoms with Crippen LogP contribution >= 0.6 is 0 Å². The number of nitrogens with one attached hydrogen (secondary N) is 1. The van der Waals surface area contributed by atoms with Gasteiger partial charge in [0.05, 0.1) is 13.2 Å². The van der Waals surface area contributed by atoms with Crippen molar-refractivity contribution in [1.29, 1.82) is 0 Å². The van der Waals surface area contributed by atoms with Gasteiger partial charge in [0.1, 0.15) is 0 Å². The molecule has 13 heavy (non-hydrogen) atoms. The van der Waals surface area contributed by atoms with E-state index >= 15 is 0 Å². The summed E-state index contributed by atoms with van der Waals surface area (Å²) >= 11 is 0. The molecule has 0 spiro atoms. The number of carbonyl (C=O) groups excluding carboxylic acids is 1. The van der Waals surface area contributed by atoms with Crippen LogP contribution in [-0.4, -0.2) is 24.7 Å². The van der Waals surface area contributed by atoms with Crippen molar-refractivity contribution in [2.75, 3.05) is 13.2 Å². The van der Waals surface area contributed by atoms with Crippen LogP contribution in [0.3, 0.4) is 0 Å². The molecule has 0 heterocycles. The first-order valence-corrected chi connectivity index (χ1v) is 4.97. The van der Waals surface area contributed by atoms with Crippen molar-refractivity contribution in [2.45, 2.75) is 39.2 Å². The molecular weight excluding hydrogens is 166 g/mol. The van der Waals surface area contributed by atoms with Crippen LogP contribution in [0.15, 0.2) is 0 Å². The molecule has 1 N–H and O–H groups in total. The Balaban J connectivity index is 2.20. The minimum atomic E-state index is -0.156. The second-order valence-corrected chi connectivity index (χ2v) is 4.15. The molecule has 1 aliphatic rings. The Morgan fingerprint density at radius 2 is 2.15 bits per heavy atom. The van der Waals surface area contributed by atoms with E-state index in [2.05, 4.69) is 19.2 Å². The van der Waals surface area contributed by atoms with Crippen molar-refractivity contribution in [3.8, 4) is 0 Å². The maximum Gasteiger partial charge on any atom is 0.319 e. The predicted molar refractivity (Wildman–Crippen MR) is 51.4 cm³/mol. The summed E-state index contributed by atoms with van der Waals surface area (Å²) in [5.74, 6) is 0.582. The first-order chi connectivity index (χ1) is 6.06. The molecule has 0 aliphatic heterocycles. The number of esters is 1. The van der Waals surface area contributed by atoms with Gasteiger partial charge in [0, 0.05) is 5.54 Å². The first kappa shape index (κ1) is 10.5. The highest BCUT2D eigenvalue weighted by Crippen LogP contribution is 2.38. The van der Waals surface area contributed by atoms with Crippen molar-refractivity contribution in [2.24, 2.45) is 5.92 Å². The smallest absolute Gasteiger partial charge is 0.319 e. The fourth-order valence-electron chi connectivity index (χ4n) is 1.46. The molecule has 0 radical (unpaired) electrons. The molecule has 0 unspecified atom stereocenters. The summed E-state index contributed by atoms with van der Waals surface area (Å²) in [6.07, 6.45) is 2.56. The lowest BCUT2D eigenvalue weighted by Gasteiger charge is -2.25. The third-order valence-corrected chi connectivity index (χ3v) is 2.59. The van der Waals surface area contributed by atoms with Crippen LogP contribution in [0.25, 0.3) is 0 Å². The molecule has 0 atom stereocenters. The van der Waals surface area contributed by atoms with Crippen LogP contribution in [-0.2, 0) is 9.53 Å². The Morgan fingerprint density at radius 3 is 2.62 bits per heavy atom. The highest BCUT2D eigenvalue weighted by atomic mass is 16.5. The molecule has 0 saturated heterocycles. The predicted octanol–water partition coefficient (Wildman–Crippen LogP) is 1.33. The van der Waals surface area contributed by atoms with Crippen LogP contribution in [0, 0.1) is 5.92 Å². The molecule has 1 rings (SSSR count). The number of carbonyl (C=O) groups is 1. The number of ether oxygens (including phenoxy) is 1. The highest BCUT2D eigenvalue weighted by Gasteiger charge is 2.37. The summed E-state index contributed by atoms with van der Waals surface area (Å²) < 4.78 is 4.84. The van der Waals surface area contributed by atoms with Gasteiger partial charge in [0.25, 0.3) is 0 Å². The quantitative estimate of drug-likeness (QED) is 0.657. The van der Waals surface area contributed by atoms with Crippen LogP contribution in [0.5, 0.6) is 0 Å². The van der Waals surface area contributed by atoms with Gasteiger partial charge >= 0.3 is 5.97 Å². The van der Waals surface area contributed by atoms with Gasteiger partial charge in [-0.3, -0.25) is 4.79 Å². The van der Waals surface area contributed by atoms with Crippen LogP contribution in [0.4, 0.5) is 0 Å². The Hall–Kier alpha value is -0.570. The molecule has 0 amide bonds. The van der Waals surface area contributed by atoms with Crippen LogP contribution < -0.4 is 5.32 Å². The summed E-state index contributed by atoms with van der Waals surface area (Å²) in [7, 11) is 0. The lowest BCUT2D eigenvalue weighted by molar-refractivity contribution is -0.142. The molecule has 0 bridgehead atoms. The zero-order chi connectivity index (χ0) is 9.90. The van der Waals surface area contributed by atoms with E-state index in [-0.39, 0.29) is 11.5 Å². The van der Waals surface area contributed by atoms with E-state index in [1.54, 1.807) is 0 Å². The van der Waals surface area contributed by atoms with Gasteiger partial charge in [0.15, 0.2) is 0 Å². The average Bonchev–Trinajstić information content (AvgIpc) is 2.84. The summed E-state index contributed by atoms with van der Waals surface area (Å²) in [5, 5.41) is 3.23. The summed E-state index contributed by atoms with van der Waals surface area (Å²) in [4.78, 5) is 11.0. The van der Waals surface area contributed by atoms with Crippen LogP contribution in [0.1, 0.15) is 33.6 Å². The largest absolute Gasteiger partial charge is 0.465 e. The molecule has 3 heteroatoms. The number of hydrogen-bond donors (Lipinski definition) is 1. The van der Waals surface area contributed by atoms with E-state index in [1.807, 2.05) is 6.92 Å². The monoisotopic (exact) mass is 185 g/mol. The van der Waals surface area contributed by atoms with Gasteiger partial charge in [-0.15, -0.1) is 0 Å². The maximum atomic E-state index is 11.0. The normalized spacial score (nSPS) is 17.2. The van der Waals surface area contributed by atoms with E-state index in [4.69, 9.17) is 4.74 Å². The lowest BCUT2D eigenvalue weighted by atomic mass is 9.99. The van der Waals surface area contributed by atoms with Crippen molar-refractivity contribution in [3.05, 3.63) is 0 Å². The summed E-state index contributed by atoms with van der Waals surface area (Å²) in [5.41, 5.74) is 0.0900. The van der Waals surface area contributed by atoms with E-state index in [0.29, 0.717) is 13.2 Å². The molecule has 3 nitrogen and oxygen atoms in total. The zero-order valence-corrected chi connectivity index (χ0v) is 8.72. The average molecular weight is 185 g/mol. The van der Waals surface area contributed by atoms with Crippen molar-refractivity contribution in [3.63, 3.8) is 0 Å². The fraction of sp³-hybridized carbons (Fsp3) is 0.900. The first-order valence-electron chi connectivity index (χ1n) is 4.97. The van der Waals surface area contributed by atoms with Crippen molar-refractivity contribution < 1.29 is 9.53 Å². The number of hydrogen-bond acceptors (Lipinski definition) is 3. The van der Waals surface area contributed by atoms with Gasteiger partial charge < -0.3 is 10.1 Å². The molecule has 0 aromatic carbocycles. The molecule has 76 valence electrons. The van der Waals surface area contributed by atoms with Gasteiger partial charge in [-0.1, -0.05) is 0 Å². The van der Waals surface area contributed by atoms with Crippen molar-refractivity contribution in [1.82, 2.24) is 5.32 Å². The van der Waals surface area contributed by atoms with Gasteiger partial charge in [-0.2, -0.15) is 0 Å². The molecule has 0 aromatic rings. The highest BCUT2D eigenvalue weighted by molar-refractivity contribution is 5.71. The van der Waals surface area contributed by atoms with Gasteiger partial charge in [-0.25, -0.2) is 0 Å². The Labute approximate surface area is 79.8 Å². The minimum absolute atomic E-state index is 0.0900. The maximum absolute atomic E-state index is 11.0. The Kier molecular flexibility index (Phi) is 3.31. The molecule has 0 aromatic heterocycles. The van der Waals surface area contributed by atoms with E-state index < -0.39 is 0 Å². The summed E-state index contributed by atoms with van der Waals surface area (Å²) in [6, 6.07) is 0. The third kappa shape index (κ3) is 3.35. The van der Waals surface area contributed by atoms with E-state index in [9.17, 15) is 4.79 Å². The lowest BCUT2D eigenvalue weighted by Crippen LogP contribution is -2.44. The summed E-state index contributed by atoms with van der Waals surface area (Å²) in [6.45, 7) is 6.90. The standard InChI is InChI=1S/C10H19NO2/c1-4-13-9(12)7-11-10(2,3)8-5-6-8/h8,11H,4-7H2,1-3H3. The van der Waals surface area contributed by atoms with Crippen molar-refractivity contribution >= 4 is 5.97 Å². The fourth-order valence-corrected chi connectivity index (χ4v) is 1.46. The van der Waals surface area contributed by atoms with E-state index in [0.717, 1.165) is 5.92 Å². The minimum Gasteiger partial charge on any atom is -0.465 e. The SMILES string of the molecule is CCOC(=O)CNC(C)(C)C1CC1. The van der Waals surface area contributed by atoms with Gasteiger partial charge in [-0.05, 0) is 39.5 Å². The molecule has 1 saturated carbocycles. The number of rotatable bonds is 5. The van der Waals surface area contributed by atoms with Gasteiger partial charge in [0.2, 0.25) is 0 Å². The second kappa shape index (κ2) is 4.09. The Morgan fingerprint density at radius 1 is 1.54 bits per heavy atom. The molecule has 1 aliphatic carbocycles. The molecular formula is C10H19NO2.